The third-order valence-corrected chi connectivity index (χ3v) is 9.27. The van der Waals surface area contributed by atoms with Gasteiger partial charge in [0.25, 0.3) is 0 Å². The van der Waals surface area contributed by atoms with Crippen LogP contribution in [0.4, 0.5) is 0 Å². The number of fused-ring (bicyclic) bond motifs is 6. The maximum atomic E-state index is 12.2. The van der Waals surface area contributed by atoms with E-state index in [4.69, 9.17) is 0 Å². The Bertz CT molecular complexity index is 950. The monoisotopic (exact) mass is 371 g/mol. The lowest BCUT2D eigenvalue weighted by molar-refractivity contribution is -0.111. The van der Waals surface area contributed by atoms with Crippen LogP contribution in [0.5, 0.6) is 0 Å². The Hall–Kier alpha value is -1.96. The van der Waals surface area contributed by atoms with E-state index in [9.17, 15) is 4.79 Å². The molecule has 0 aliphatic heterocycles. The van der Waals surface area contributed by atoms with Crippen LogP contribution in [0.25, 0.3) is 5.57 Å². The minimum absolute atomic E-state index is 0.0890. The first-order chi connectivity index (χ1) is 13.5. The number of carbonyl (C=O) groups excluding carboxylic acids is 1. The fourth-order valence-corrected chi connectivity index (χ4v) is 7.78. The molecule has 0 amide bonds. The van der Waals surface area contributed by atoms with Gasteiger partial charge in [-0.25, -0.2) is 0 Å². The van der Waals surface area contributed by atoms with E-state index in [2.05, 4.69) is 43.1 Å². The van der Waals surface area contributed by atoms with Crippen LogP contribution in [0.1, 0.15) is 57.9 Å². The molecule has 0 saturated heterocycles. The summed E-state index contributed by atoms with van der Waals surface area (Å²) in [5.41, 5.74) is 5.02. The fraction of sp³-hybridized carbons (Fsp3) is 0.538. The minimum atomic E-state index is 0.0890. The Kier molecular flexibility index (Phi) is 3.23. The van der Waals surface area contributed by atoms with E-state index in [1.807, 2.05) is 24.5 Å². The number of nitrogens with zero attached hydrogens (tertiary/aromatic N) is 1. The molecule has 2 heteroatoms. The standard InChI is InChI=1S/C26H29NO/c1-24-10-8-22-19(21(24)6-5-20(24)17-4-3-13-27-16-17)15-26(11-12-26)23-14-18(28)7-9-25(22,23)2/h3-5,7,9,13-14,16,19,21-22H,6,8,10-12,15H2,1-2H3/t19?,21?,22?,24-,25-/m1/s1. The number of carbonyl (C=O) groups is 1. The Balaban J connectivity index is 1.40. The predicted octanol–water partition coefficient (Wildman–Crippen LogP) is 5.77. The van der Waals surface area contributed by atoms with Crippen molar-refractivity contribution in [2.24, 2.45) is 34.0 Å². The summed E-state index contributed by atoms with van der Waals surface area (Å²) < 4.78 is 0. The summed E-state index contributed by atoms with van der Waals surface area (Å²) in [5, 5.41) is 0. The third-order valence-electron chi connectivity index (χ3n) is 9.27. The third kappa shape index (κ3) is 2.04. The average molecular weight is 372 g/mol. The first kappa shape index (κ1) is 16.9. The van der Waals surface area contributed by atoms with Crippen molar-refractivity contribution in [2.75, 3.05) is 0 Å². The molecule has 3 unspecified atom stereocenters. The van der Waals surface area contributed by atoms with Crippen molar-refractivity contribution in [3.63, 3.8) is 0 Å². The van der Waals surface area contributed by atoms with Gasteiger partial charge in [0.2, 0.25) is 0 Å². The van der Waals surface area contributed by atoms with Gasteiger partial charge in [0.1, 0.15) is 0 Å². The molecule has 0 bridgehead atoms. The van der Waals surface area contributed by atoms with Crippen LogP contribution in [0.2, 0.25) is 0 Å². The Morgan fingerprint density at radius 1 is 1.14 bits per heavy atom. The lowest BCUT2D eigenvalue weighted by atomic mass is 9.45. The molecule has 0 N–H and O–H groups in total. The molecule has 5 atom stereocenters. The molecule has 1 spiro atoms. The van der Waals surface area contributed by atoms with Crippen LogP contribution in [-0.4, -0.2) is 10.8 Å². The lowest BCUT2D eigenvalue weighted by Gasteiger charge is -2.59. The molecule has 2 nitrogen and oxygen atoms in total. The van der Waals surface area contributed by atoms with Crippen LogP contribution >= 0.6 is 0 Å². The van der Waals surface area contributed by atoms with E-state index in [1.54, 1.807) is 0 Å². The van der Waals surface area contributed by atoms with Gasteiger partial charge in [-0.2, -0.15) is 0 Å². The Labute approximate surface area is 167 Å². The molecule has 28 heavy (non-hydrogen) atoms. The second-order valence-electron chi connectivity index (χ2n) is 10.5. The number of hydrogen-bond donors (Lipinski definition) is 0. The summed E-state index contributed by atoms with van der Waals surface area (Å²) in [6.07, 6.45) is 20.2. The highest BCUT2D eigenvalue weighted by molar-refractivity contribution is 6.01. The van der Waals surface area contributed by atoms with Crippen LogP contribution in [0.15, 0.2) is 54.4 Å². The number of ketones is 1. The van der Waals surface area contributed by atoms with E-state index in [1.165, 1.54) is 55.2 Å². The lowest BCUT2D eigenvalue weighted by Crippen LogP contribution is -2.51. The number of aromatic nitrogens is 1. The molecule has 144 valence electrons. The summed E-state index contributed by atoms with van der Waals surface area (Å²) in [7, 11) is 0. The number of pyridine rings is 1. The fourth-order valence-electron chi connectivity index (χ4n) is 7.78. The molecular weight excluding hydrogens is 342 g/mol. The van der Waals surface area contributed by atoms with Gasteiger partial charge in [0.05, 0.1) is 0 Å². The van der Waals surface area contributed by atoms with Crippen molar-refractivity contribution in [1.29, 1.82) is 0 Å². The average Bonchev–Trinajstić information content (AvgIpc) is 3.37. The van der Waals surface area contributed by atoms with Crippen molar-refractivity contribution in [3.05, 3.63) is 60.0 Å². The van der Waals surface area contributed by atoms with Gasteiger partial charge < -0.3 is 0 Å². The largest absolute Gasteiger partial charge is 0.290 e. The van der Waals surface area contributed by atoms with Gasteiger partial charge in [0.15, 0.2) is 5.78 Å². The summed E-state index contributed by atoms with van der Waals surface area (Å²) in [5.74, 6) is 2.36. The summed E-state index contributed by atoms with van der Waals surface area (Å²) >= 11 is 0. The van der Waals surface area contributed by atoms with Crippen molar-refractivity contribution in [2.45, 2.75) is 52.4 Å². The first-order valence-corrected chi connectivity index (χ1v) is 11.0. The van der Waals surface area contributed by atoms with Crippen LogP contribution in [0, 0.1) is 34.0 Å². The molecule has 1 heterocycles. The highest BCUT2D eigenvalue weighted by Crippen LogP contribution is 2.74. The number of rotatable bonds is 1. The zero-order valence-electron chi connectivity index (χ0n) is 16.9. The SMILES string of the molecule is C[C@]12C=CC(=O)C=C1C1(CC1)CC1C2CC[C@]2(C)C(c3cccnc3)=CCC12. The Morgan fingerprint density at radius 2 is 2.00 bits per heavy atom. The minimum Gasteiger partial charge on any atom is -0.290 e. The second kappa shape index (κ2) is 5.34. The normalized spacial score (nSPS) is 42.4. The van der Waals surface area contributed by atoms with Gasteiger partial charge in [-0.3, -0.25) is 9.78 Å². The summed E-state index contributed by atoms with van der Waals surface area (Å²) in [6.45, 7) is 4.96. The van der Waals surface area contributed by atoms with Crippen molar-refractivity contribution >= 4 is 11.4 Å². The van der Waals surface area contributed by atoms with E-state index in [0.29, 0.717) is 11.3 Å². The molecule has 1 aromatic rings. The van der Waals surface area contributed by atoms with Gasteiger partial charge in [-0.1, -0.05) is 37.6 Å². The highest BCUT2D eigenvalue weighted by atomic mass is 16.1. The van der Waals surface area contributed by atoms with E-state index < -0.39 is 0 Å². The molecule has 3 saturated carbocycles. The quantitative estimate of drug-likeness (QED) is 0.627. The molecule has 6 rings (SSSR count). The number of allylic oxidation sites excluding steroid dienone is 6. The van der Waals surface area contributed by atoms with Gasteiger partial charge >= 0.3 is 0 Å². The molecule has 3 fully saturated rings. The van der Waals surface area contributed by atoms with E-state index in [0.717, 1.165) is 11.8 Å². The zero-order valence-corrected chi connectivity index (χ0v) is 16.9. The summed E-state index contributed by atoms with van der Waals surface area (Å²) in [6, 6.07) is 4.31. The van der Waals surface area contributed by atoms with Crippen molar-refractivity contribution < 1.29 is 4.79 Å². The van der Waals surface area contributed by atoms with Crippen LogP contribution in [0.3, 0.4) is 0 Å². The molecular formula is C26H29NO. The van der Waals surface area contributed by atoms with E-state index in [-0.39, 0.29) is 16.6 Å². The van der Waals surface area contributed by atoms with Gasteiger partial charge in [-0.15, -0.1) is 0 Å². The van der Waals surface area contributed by atoms with Crippen molar-refractivity contribution in [3.8, 4) is 0 Å². The van der Waals surface area contributed by atoms with E-state index >= 15 is 0 Å². The zero-order chi connectivity index (χ0) is 19.1. The topological polar surface area (TPSA) is 30.0 Å². The maximum Gasteiger partial charge on any atom is 0.178 e. The highest BCUT2D eigenvalue weighted by Gasteiger charge is 2.64. The van der Waals surface area contributed by atoms with Crippen LogP contribution < -0.4 is 0 Å². The first-order valence-electron chi connectivity index (χ1n) is 11.0. The second-order valence-corrected chi connectivity index (χ2v) is 10.5. The maximum absolute atomic E-state index is 12.2. The Morgan fingerprint density at radius 3 is 2.75 bits per heavy atom. The molecule has 5 aliphatic carbocycles. The van der Waals surface area contributed by atoms with Crippen LogP contribution in [-0.2, 0) is 4.79 Å². The van der Waals surface area contributed by atoms with Crippen molar-refractivity contribution in [1.82, 2.24) is 4.98 Å². The van der Waals surface area contributed by atoms with Gasteiger partial charge in [-0.05, 0) is 96.5 Å². The number of hydrogen-bond acceptors (Lipinski definition) is 2. The summed E-state index contributed by atoms with van der Waals surface area (Å²) in [4.78, 5) is 16.6. The molecule has 0 aromatic carbocycles. The molecule has 1 aromatic heterocycles. The molecule has 5 aliphatic rings. The smallest absolute Gasteiger partial charge is 0.178 e. The molecule has 0 radical (unpaired) electrons. The van der Waals surface area contributed by atoms with Gasteiger partial charge in [0, 0.05) is 17.8 Å². The predicted molar refractivity (Wildman–Crippen MR) is 111 cm³/mol.